The predicted molar refractivity (Wildman–Crippen MR) is 75.5 cm³/mol. The van der Waals surface area contributed by atoms with E-state index in [9.17, 15) is 9.59 Å². The smallest absolute Gasteiger partial charge is 0.335 e. The van der Waals surface area contributed by atoms with Gasteiger partial charge in [-0.25, -0.2) is 4.79 Å². The second-order valence-electron chi connectivity index (χ2n) is 4.17. The Morgan fingerprint density at radius 1 is 1.05 bits per heavy atom. The van der Waals surface area contributed by atoms with Crippen molar-refractivity contribution in [2.45, 2.75) is 0 Å². The minimum absolute atomic E-state index is 0.192. The van der Waals surface area contributed by atoms with Crippen LogP contribution < -0.4 is 10.1 Å². The highest BCUT2D eigenvalue weighted by Crippen LogP contribution is 2.11. The maximum atomic E-state index is 11.7. The van der Waals surface area contributed by atoms with E-state index in [-0.39, 0.29) is 11.5 Å². The third-order valence-corrected chi connectivity index (χ3v) is 2.70. The fourth-order valence-electron chi connectivity index (χ4n) is 1.63. The van der Waals surface area contributed by atoms with Crippen molar-refractivity contribution in [2.24, 2.45) is 0 Å². The molecule has 0 spiro atoms. The molecule has 0 radical (unpaired) electrons. The van der Waals surface area contributed by atoms with Gasteiger partial charge in [-0.15, -0.1) is 0 Å². The van der Waals surface area contributed by atoms with Gasteiger partial charge in [0.1, 0.15) is 12.4 Å². The summed E-state index contributed by atoms with van der Waals surface area (Å²) >= 11 is 0. The Labute approximate surface area is 121 Å². The van der Waals surface area contributed by atoms with Crippen LogP contribution in [0.5, 0.6) is 5.75 Å². The third kappa shape index (κ3) is 4.31. The highest BCUT2D eigenvalue weighted by Gasteiger charge is 2.04. The standard InChI is InChI=1S/C15H14N2O4/c18-14(11-5-7-16-8-6-11)17-9-10-21-13-3-1-12(2-4-13)15(19)20/h1-8H,9-10H2,(H,17,18)(H,19,20). The Balaban J connectivity index is 1.75. The summed E-state index contributed by atoms with van der Waals surface area (Å²) in [5.74, 6) is -0.619. The number of hydrogen-bond donors (Lipinski definition) is 2. The molecule has 1 heterocycles. The first-order chi connectivity index (χ1) is 10.2. The molecule has 21 heavy (non-hydrogen) atoms. The average Bonchev–Trinajstić information content (AvgIpc) is 2.52. The maximum Gasteiger partial charge on any atom is 0.335 e. The van der Waals surface area contributed by atoms with Crippen molar-refractivity contribution >= 4 is 11.9 Å². The van der Waals surface area contributed by atoms with Gasteiger partial charge in [-0.3, -0.25) is 9.78 Å². The van der Waals surface area contributed by atoms with Gasteiger partial charge < -0.3 is 15.2 Å². The van der Waals surface area contributed by atoms with Crippen LogP contribution in [0.2, 0.25) is 0 Å². The molecule has 0 fully saturated rings. The lowest BCUT2D eigenvalue weighted by Gasteiger charge is -2.08. The quantitative estimate of drug-likeness (QED) is 0.787. The lowest BCUT2D eigenvalue weighted by atomic mass is 10.2. The number of carbonyl (C=O) groups excluding carboxylic acids is 1. The molecule has 2 rings (SSSR count). The van der Waals surface area contributed by atoms with Gasteiger partial charge in [0.05, 0.1) is 12.1 Å². The number of ether oxygens (including phenoxy) is 1. The van der Waals surface area contributed by atoms with Crippen molar-refractivity contribution < 1.29 is 19.4 Å². The SMILES string of the molecule is O=C(O)c1ccc(OCCNC(=O)c2ccncc2)cc1. The van der Waals surface area contributed by atoms with E-state index >= 15 is 0 Å². The molecular formula is C15H14N2O4. The number of nitrogens with one attached hydrogen (secondary N) is 1. The minimum Gasteiger partial charge on any atom is -0.492 e. The van der Waals surface area contributed by atoms with E-state index in [1.165, 1.54) is 12.1 Å². The summed E-state index contributed by atoms with van der Waals surface area (Å²) in [6, 6.07) is 9.34. The van der Waals surface area contributed by atoms with E-state index < -0.39 is 5.97 Å². The fourth-order valence-corrected chi connectivity index (χ4v) is 1.63. The monoisotopic (exact) mass is 286 g/mol. The zero-order valence-electron chi connectivity index (χ0n) is 11.2. The second kappa shape index (κ2) is 7.04. The number of carboxylic acid groups (broad SMARTS) is 1. The van der Waals surface area contributed by atoms with Gasteiger partial charge in [-0.1, -0.05) is 0 Å². The van der Waals surface area contributed by atoms with Crippen LogP contribution in [-0.2, 0) is 0 Å². The summed E-state index contributed by atoms with van der Waals surface area (Å²) in [5.41, 5.74) is 0.740. The first-order valence-electron chi connectivity index (χ1n) is 6.31. The molecule has 6 heteroatoms. The third-order valence-electron chi connectivity index (χ3n) is 2.70. The summed E-state index contributed by atoms with van der Waals surface area (Å²) in [4.78, 5) is 26.2. The zero-order valence-corrected chi connectivity index (χ0v) is 11.2. The van der Waals surface area contributed by atoms with Crippen molar-refractivity contribution in [3.8, 4) is 5.75 Å². The van der Waals surface area contributed by atoms with Crippen molar-refractivity contribution in [1.82, 2.24) is 10.3 Å². The molecule has 0 bridgehead atoms. The first-order valence-corrected chi connectivity index (χ1v) is 6.31. The minimum atomic E-state index is -0.980. The molecule has 0 aliphatic rings. The van der Waals surface area contributed by atoms with E-state index in [4.69, 9.17) is 9.84 Å². The molecular weight excluding hydrogens is 272 g/mol. The van der Waals surface area contributed by atoms with E-state index in [1.54, 1.807) is 36.7 Å². The number of amides is 1. The van der Waals surface area contributed by atoms with Crippen molar-refractivity contribution in [1.29, 1.82) is 0 Å². The molecule has 0 saturated heterocycles. The average molecular weight is 286 g/mol. The molecule has 2 N–H and O–H groups in total. The van der Waals surface area contributed by atoms with Gasteiger partial charge in [0.25, 0.3) is 5.91 Å². The number of rotatable bonds is 6. The highest BCUT2D eigenvalue weighted by atomic mass is 16.5. The predicted octanol–water partition coefficient (Wildman–Crippen LogP) is 1.59. The molecule has 0 aliphatic carbocycles. The number of carboxylic acids is 1. The number of carbonyl (C=O) groups is 2. The summed E-state index contributed by atoms with van der Waals surface area (Å²) in [5, 5.41) is 11.5. The van der Waals surface area contributed by atoms with Gasteiger partial charge in [-0.2, -0.15) is 0 Å². The molecule has 0 unspecified atom stereocenters. The van der Waals surface area contributed by atoms with Gasteiger partial charge in [-0.05, 0) is 36.4 Å². The van der Waals surface area contributed by atoms with Gasteiger partial charge in [0, 0.05) is 18.0 Å². The molecule has 0 atom stereocenters. The highest BCUT2D eigenvalue weighted by molar-refractivity contribution is 5.93. The van der Waals surface area contributed by atoms with Crippen molar-refractivity contribution in [3.63, 3.8) is 0 Å². The Hall–Kier alpha value is -2.89. The van der Waals surface area contributed by atoms with E-state index in [1.807, 2.05) is 0 Å². The Morgan fingerprint density at radius 2 is 1.71 bits per heavy atom. The second-order valence-corrected chi connectivity index (χ2v) is 4.17. The van der Waals surface area contributed by atoms with Crippen LogP contribution in [0, 0.1) is 0 Å². The Bertz CT molecular complexity index is 611. The summed E-state index contributed by atoms with van der Waals surface area (Å²) in [6.07, 6.45) is 3.10. The van der Waals surface area contributed by atoms with Crippen LogP contribution >= 0.6 is 0 Å². The number of hydrogen-bond acceptors (Lipinski definition) is 4. The number of benzene rings is 1. The molecule has 1 aromatic carbocycles. The molecule has 0 aliphatic heterocycles. The zero-order chi connectivity index (χ0) is 15.1. The molecule has 0 saturated carbocycles. The summed E-state index contributed by atoms with van der Waals surface area (Å²) in [7, 11) is 0. The van der Waals surface area contributed by atoms with Gasteiger partial charge >= 0.3 is 5.97 Å². The van der Waals surface area contributed by atoms with Crippen molar-refractivity contribution in [2.75, 3.05) is 13.2 Å². The van der Waals surface area contributed by atoms with Crippen LogP contribution in [0.4, 0.5) is 0 Å². The number of aromatic carboxylic acids is 1. The fraction of sp³-hybridized carbons (Fsp3) is 0.133. The van der Waals surface area contributed by atoms with Crippen LogP contribution in [-0.4, -0.2) is 35.1 Å². The lowest BCUT2D eigenvalue weighted by Crippen LogP contribution is -2.28. The van der Waals surface area contributed by atoms with E-state index in [0.717, 1.165) is 0 Å². The van der Waals surface area contributed by atoms with E-state index in [2.05, 4.69) is 10.3 Å². The number of nitrogens with zero attached hydrogens (tertiary/aromatic N) is 1. The van der Waals surface area contributed by atoms with Gasteiger partial charge in [0.15, 0.2) is 0 Å². The van der Waals surface area contributed by atoms with Crippen molar-refractivity contribution in [3.05, 3.63) is 59.9 Å². The summed E-state index contributed by atoms with van der Waals surface area (Å²) in [6.45, 7) is 0.644. The number of pyridine rings is 1. The molecule has 1 aromatic heterocycles. The van der Waals surface area contributed by atoms with Crippen LogP contribution in [0.15, 0.2) is 48.8 Å². The maximum absolute atomic E-state index is 11.7. The molecule has 6 nitrogen and oxygen atoms in total. The normalized spacial score (nSPS) is 9.90. The van der Waals surface area contributed by atoms with E-state index in [0.29, 0.717) is 24.5 Å². The topological polar surface area (TPSA) is 88.5 Å². The molecule has 108 valence electrons. The first kappa shape index (κ1) is 14.5. The summed E-state index contributed by atoms with van der Waals surface area (Å²) < 4.78 is 5.41. The number of aromatic nitrogens is 1. The largest absolute Gasteiger partial charge is 0.492 e. The molecule has 1 amide bonds. The molecule has 2 aromatic rings. The lowest BCUT2D eigenvalue weighted by molar-refractivity contribution is 0.0696. The Morgan fingerprint density at radius 3 is 2.33 bits per heavy atom. The van der Waals surface area contributed by atoms with Crippen LogP contribution in [0.1, 0.15) is 20.7 Å². The Kier molecular flexibility index (Phi) is 4.87. The van der Waals surface area contributed by atoms with Gasteiger partial charge in [0.2, 0.25) is 0 Å². The van der Waals surface area contributed by atoms with Crippen LogP contribution in [0.3, 0.4) is 0 Å². The van der Waals surface area contributed by atoms with Crippen LogP contribution in [0.25, 0.3) is 0 Å².